The van der Waals surface area contributed by atoms with E-state index in [0.29, 0.717) is 11.8 Å². The number of hydrogen-bond donors (Lipinski definition) is 0. The van der Waals surface area contributed by atoms with E-state index in [0.717, 1.165) is 27.8 Å². The van der Waals surface area contributed by atoms with Crippen molar-refractivity contribution in [2.45, 2.75) is 50.7 Å². The SMILES string of the molecule is Cc1cc(C(=O)CSc2nnc(-c3ccccc3)n2C)c(C)n1C1CCCC1. The lowest BCUT2D eigenvalue weighted by molar-refractivity contribution is 0.102. The molecule has 0 N–H and O–H groups in total. The summed E-state index contributed by atoms with van der Waals surface area (Å²) in [6.45, 7) is 4.20. The number of nitrogens with zero attached hydrogens (tertiary/aromatic N) is 4. The van der Waals surface area contributed by atoms with Crippen LogP contribution in [0.15, 0.2) is 41.6 Å². The molecule has 0 amide bonds. The van der Waals surface area contributed by atoms with Gasteiger partial charge in [0.25, 0.3) is 0 Å². The Labute approximate surface area is 170 Å². The average molecular weight is 395 g/mol. The van der Waals surface area contributed by atoms with E-state index in [9.17, 15) is 4.79 Å². The van der Waals surface area contributed by atoms with E-state index in [1.165, 1.54) is 43.1 Å². The summed E-state index contributed by atoms with van der Waals surface area (Å²) < 4.78 is 4.33. The molecule has 2 heterocycles. The van der Waals surface area contributed by atoms with Crippen molar-refractivity contribution in [2.24, 2.45) is 7.05 Å². The minimum atomic E-state index is 0.159. The molecule has 0 spiro atoms. The van der Waals surface area contributed by atoms with Gasteiger partial charge in [0.05, 0.1) is 5.75 Å². The number of ketones is 1. The average Bonchev–Trinajstić information content (AvgIpc) is 3.41. The maximum Gasteiger partial charge on any atom is 0.191 e. The number of aromatic nitrogens is 4. The molecule has 1 aliphatic rings. The van der Waals surface area contributed by atoms with Crippen molar-refractivity contribution in [1.29, 1.82) is 0 Å². The van der Waals surface area contributed by atoms with Crippen LogP contribution in [0.1, 0.15) is 53.5 Å². The monoisotopic (exact) mass is 394 g/mol. The number of carbonyl (C=O) groups is 1. The number of carbonyl (C=O) groups excluding carboxylic acids is 1. The molecule has 28 heavy (non-hydrogen) atoms. The molecule has 6 heteroatoms. The predicted molar refractivity (Wildman–Crippen MR) is 113 cm³/mol. The highest BCUT2D eigenvalue weighted by Crippen LogP contribution is 2.34. The molecule has 0 atom stereocenters. The fourth-order valence-electron chi connectivity index (χ4n) is 4.27. The van der Waals surface area contributed by atoms with Crippen LogP contribution in [-0.2, 0) is 7.05 Å². The molecule has 0 unspecified atom stereocenters. The van der Waals surface area contributed by atoms with Crippen LogP contribution in [-0.4, -0.2) is 30.9 Å². The van der Waals surface area contributed by atoms with Crippen LogP contribution in [0.2, 0.25) is 0 Å². The highest BCUT2D eigenvalue weighted by molar-refractivity contribution is 7.99. The van der Waals surface area contributed by atoms with E-state index >= 15 is 0 Å². The summed E-state index contributed by atoms with van der Waals surface area (Å²) in [7, 11) is 1.95. The number of Topliss-reactive ketones (excluding diaryl/α,β-unsaturated/α-hetero) is 1. The van der Waals surface area contributed by atoms with Crippen molar-refractivity contribution in [3.05, 3.63) is 53.3 Å². The molecule has 3 aromatic rings. The van der Waals surface area contributed by atoms with Crippen LogP contribution in [0.25, 0.3) is 11.4 Å². The van der Waals surface area contributed by atoms with Crippen LogP contribution < -0.4 is 0 Å². The molecular formula is C22H26N4OS. The topological polar surface area (TPSA) is 52.7 Å². The fraction of sp³-hybridized carbons (Fsp3) is 0.409. The van der Waals surface area contributed by atoms with Gasteiger partial charge in [-0.2, -0.15) is 0 Å². The number of benzene rings is 1. The minimum Gasteiger partial charge on any atom is -0.345 e. The van der Waals surface area contributed by atoms with Crippen molar-refractivity contribution < 1.29 is 4.79 Å². The van der Waals surface area contributed by atoms with Gasteiger partial charge in [-0.25, -0.2) is 0 Å². The van der Waals surface area contributed by atoms with Crippen LogP contribution >= 0.6 is 11.8 Å². The molecule has 1 aliphatic carbocycles. The molecular weight excluding hydrogens is 368 g/mol. The lowest BCUT2D eigenvalue weighted by Crippen LogP contribution is -2.10. The van der Waals surface area contributed by atoms with Gasteiger partial charge in [0.15, 0.2) is 16.8 Å². The van der Waals surface area contributed by atoms with Gasteiger partial charge >= 0.3 is 0 Å². The Morgan fingerprint density at radius 3 is 2.57 bits per heavy atom. The highest BCUT2D eigenvalue weighted by Gasteiger charge is 2.24. The lowest BCUT2D eigenvalue weighted by atomic mass is 10.2. The van der Waals surface area contributed by atoms with Crippen molar-refractivity contribution in [1.82, 2.24) is 19.3 Å². The smallest absolute Gasteiger partial charge is 0.191 e. The first-order chi connectivity index (χ1) is 13.6. The van der Waals surface area contributed by atoms with Crippen LogP contribution in [0.4, 0.5) is 0 Å². The highest BCUT2D eigenvalue weighted by atomic mass is 32.2. The first kappa shape index (κ1) is 19.0. The molecule has 0 radical (unpaired) electrons. The second kappa shape index (κ2) is 7.95. The zero-order valence-electron chi connectivity index (χ0n) is 16.7. The Morgan fingerprint density at radius 1 is 1.14 bits per heavy atom. The maximum atomic E-state index is 12.9. The Kier molecular flexibility index (Phi) is 5.40. The van der Waals surface area contributed by atoms with E-state index in [2.05, 4.69) is 34.7 Å². The summed E-state index contributed by atoms with van der Waals surface area (Å²) in [6.07, 6.45) is 5.02. The first-order valence-electron chi connectivity index (χ1n) is 9.85. The Morgan fingerprint density at radius 2 is 1.86 bits per heavy atom. The number of thioether (sulfide) groups is 1. The van der Waals surface area contributed by atoms with Gasteiger partial charge in [-0.1, -0.05) is 54.9 Å². The number of rotatable bonds is 6. The molecule has 1 aromatic carbocycles. The third-order valence-corrected chi connectivity index (χ3v) is 6.69. The molecule has 0 saturated heterocycles. The summed E-state index contributed by atoms with van der Waals surface area (Å²) in [5, 5.41) is 9.35. The van der Waals surface area contributed by atoms with Gasteiger partial charge in [-0.3, -0.25) is 4.79 Å². The van der Waals surface area contributed by atoms with Gasteiger partial charge in [-0.15, -0.1) is 10.2 Å². The second-order valence-electron chi connectivity index (χ2n) is 7.54. The standard InChI is InChI=1S/C22H26N4OS/c1-15-13-19(16(2)26(15)18-11-7-8-12-18)20(27)14-28-22-24-23-21(25(22)3)17-9-5-4-6-10-17/h4-6,9-10,13,18H,7-8,11-12,14H2,1-3H3. The summed E-state index contributed by atoms with van der Waals surface area (Å²) in [5.74, 6) is 1.34. The van der Waals surface area contributed by atoms with Crippen molar-refractivity contribution in [3.63, 3.8) is 0 Å². The zero-order valence-corrected chi connectivity index (χ0v) is 17.5. The molecule has 4 rings (SSSR count). The van der Waals surface area contributed by atoms with Crippen molar-refractivity contribution >= 4 is 17.5 Å². The zero-order chi connectivity index (χ0) is 19.7. The first-order valence-corrected chi connectivity index (χ1v) is 10.8. The van der Waals surface area contributed by atoms with E-state index in [4.69, 9.17) is 0 Å². The minimum absolute atomic E-state index is 0.159. The number of hydrogen-bond acceptors (Lipinski definition) is 4. The largest absolute Gasteiger partial charge is 0.345 e. The molecule has 5 nitrogen and oxygen atoms in total. The van der Waals surface area contributed by atoms with E-state index in [1.54, 1.807) is 0 Å². The van der Waals surface area contributed by atoms with Gasteiger partial charge in [0.1, 0.15) is 0 Å². The summed E-state index contributed by atoms with van der Waals surface area (Å²) >= 11 is 1.45. The molecule has 1 saturated carbocycles. The van der Waals surface area contributed by atoms with E-state index in [-0.39, 0.29) is 5.78 Å². The van der Waals surface area contributed by atoms with Crippen LogP contribution in [0, 0.1) is 13.8 Å². The predicted octanol–water partition coefficient (Wildman–Crippen LogP) is 4.99. The Bertz CT molecular complexity index is 984. The third kappa shape index (κ3) is 3.53. The third-order valence-electron chi connectivity index (χ3n) is 5.67. The summed E-state index contributed by atoms with van der Waals surface area (Å²) in [5.41, 5.74) is 4.18. The Hall–Kier alpha value is -2.34. The van der Waals surface area contributed by atoms with Crippen molar-refractivity contribution in [3.8, 4) is 11.4 Å². The van der Waals surface area contributed by atoms with E-state index < -0.39 is 0 Å². The summed E-state index contributed by atoms with van der Waals surface area (Å²) in [4.78, 5) is 12.9. The van der Waals surface area contributed by atoms with Gasteiger partial charge in [0, 0.05) is 35.6 Å². The van der Waals surface area contributed by atoms with E-state index in [1.807, 2.05) is 41.9 Å². The molecule has 0 bridgehead atoms. The lowest BCUT2D eigenvalue weighted by Gasteiger charge is -2.17. The summed E-state index contributed by atoms with van der Waals surface area (Å²) in [6, 6.07) is 12.6. The molecule has 146 valence electrons. The second-order valence-corrected chi connectivity index (χ2v) is 8.48. The Balaban J connectivity index is 1.48. The van der Waals surface area contributed by atoms with Gasteiger partial charge in [-0.05, 0) is 32.8 Å². The normalized spacial score (nSPS) is 14.7. The molecule has 2 aromatic heterocycles. The quantitative estimate of drug-likeness (QED) is 0.436. The maximum absolute atomic E-state index is 12.9. The van der Waals surface area contributed by atoms with Crippen LogP contribution in [0.5, 0.6) is 0 Å². The van der Waals surface area contributed by atoms with Crippen molar-refractivity contribution in [2.75, 3.05) is 5.75 Å². The molecule has 1 fully saturated rings. The van der Waals surface area contributed by atoms with Crippen LogP contribution in [0.3, 0.4) is 0 Å². The van der Waals surface area contributed by atoms with Gasteiger partial charge in [0.2, 0.25) is 0 Å². The fourth-order valence-corrected chi connectivity index (χ4v) is 5.07. The number of aryl methyl sites for hydroxylation is 1. The van der Waals surface area contributed by atoms with Gasteiger partial charge < -0.3 is 9.13 Å². The molecule has 0 aliphatic heterocycles.